The summed E-state index contributed by atoms with van der Waals surface area (Å²) >= 11 is 0. The Morgan fingerprint density at radius 1 is 0.714 bits per heavy atom. The molecule has 1 N–H and O–H groups in total. The molecule has 0 saturated heterocycles. The maximum absolute atomic E-state index is 11.2. The van der Waals surface area contributed by atoms with E-state index in [0.717, 1.165) is 16.5 Å². The van der Waals surface area contributed by atoms with Crippen LogP contribution in [0.4, 0.5) is 0 Å². The minimum absolute atomic E-state index is 0.409. The van der Waals surface area contributed by atoms with Crippen molar-refractivity contribution in [1.82, 2.24) is 5.32 Å². The van der Waals surface area contributed by atoms with Gasteiger partial charge in [0.05, 0.1) is 6.26 Å². The maximum atomic E-state index is 11.2. The fourth-order valence-corrected chi connectivity index (χ4v) is 2.54. The second kappa shape index (κ2) is 9.69. The van der Waals surface area contributed by atoms with Crippen molar-refractivity contribution in [3.05, 3.63) is 115 Å². The molecule has 2 heterocycles. The Kier molecular flexibility index (Phi) is 6.53. The lowest BCUT2D eigenvalue weighted by Gasteiger charge is -2.06. The predicted molar refractivity (Wildman–Crippen MR) is 112 cm³/mol. The Bertz CT molecular complexity index is 1040. The number of para-hydroxylation sites is 1. The molecule has 0 radical (unpaired) electrons. The summed E-state index contributed by atoms with van der Waals surface area (Å²) in [5.74, 6) is -0.846. The Balaban J connectivity index is 0.000000125. The monoisotopic (exact) mass is 369 g/mol. The van der Waals surface area contributed by atoms with Gasteiger partial charge in [0.2, 0.25) is 11.6 Å². The van der Waals surface area contributed by atoms with Crippen molar-refractivity contribution in [2.45, 2.75) is 0 Å². The van der Waals surface area contributed by atoms with E-state index in [1.807, 2.05) is 79.2 Å². The molecule has 0 fully saturated rings. The smallest absolute Gasteiger partial charge is 0.233 e. The SMILES string of the molecule is C1=CC=CNC=C1.O=C1C=Cc2ccccc2C1=O.c1ccc2occc2c1. The van der Waals surface area contributed by atoms with Gasteiger partial charge < -0.3 is 9.73 Å². The molecule has 1 aromatic heterocycles. The van der Waals surface area contributed by atoms with Crippen molar-refractivity contribution >= 4 is 28.6 Å². The summed E-state index contributed by atoms with van der Waals surface area (Å²) in [5.41, 5.74) is 2.28. The highest BCUT2D eigenvalue weighted by molar-refractivity contribution is 6.49. The van der Waals surface area contributed by atoms with Crippen LogP contribution in [-0.2, 0) is 4.79 Å². The summed E-state index contributed by atoms with van der Waals surface area (Å²) in [6.45, 7) is 0. The number of allylic oxidation sites excluding steroid dienone is 5. The summed E-state index contributed by atoms with van der Waals surface area (Å²) in [5, 5.41) is 4.09. The van der Waals surface area contributed by atoms with Crippen LogP contribution in [0.15, 0.2) is 108 Å². The number of nitrogens with one attached hydrogen (secondary N) is 1. The summed E-state index contributed by atoms with van der Waals surface area (Å²) in [6, 6.07) is 17.0. The third-order valence-electron chi connectivity index (χ3n) is 3.92. The van der Waals surface area contributed by atoms with Gasteiger partial charge >= 0.3 is 0 Å². The summed E-state index contributed by atoms with van der Waals surface area (Å²) in [7, 11) is 0. The topological polar surface area (TPSA) is 59.3 Å². The zero-order chi connectivity index (χ0) is 19.6. The van der Waals surface area contributed by atoms with Gasteiger partial charge in [-0.15, -0.1) is 0 Å². The summed E-state index contributed by atoms with van der Waals surface area (Å²) in [6.07, 6.45) is 16.3. The predicted octanol–water partition coefficient (Wildman–Crippen LogP) is 5.07. The van der Waals surface area contributed by atoms with Crippen LogP contribution in [0.2, 0.25) is 0 Å². The van der Waals surface area contributed by atoms with Crippen LogP contribution in [-0.4, -0.2) is 11.6 Å². The van der Waals surface area contributed by atoms with E-state index in [9.17, 15) is 9.59 Å². The zero-order valence-electron chi connectivity index (χ0n) is 15.1. The molecule has 0 bridgehead atoms. The van der Waals surface area contributed by atoms with Crippen molar-refractivity contribution in [3.63, 3.8) is 0 Å². The molecule has 1 aliphatic carbocycles. The number of hydrogen-bond acceptors (Lipinski definition) is 4. The van der Waals surface area contributed by atoms with Gasteiger partial charge in [0.25, 0.3) is 0 Å². The molecule has 1 aliphatic heterocycles. The Labute approximate surface area is 163 Å². The molecule has 0 saturated carbocycles. The molecular weight excluding hydrogens is 350 g/mol. The number of benzene rings is 2. The number of rotatable bonds is 0. The lowest BCUT2D eigenvalue weighted by molar-refractivity contribution is -0.110. The van der Waals surface area contributed by atoms with Gasteiger partial charge in [-0.05, 0) is 35.9 Å². The van der Waals surface area contributed by atoms with Crippen LogP contribution in [0, 0.1) is 0 Å². The minimum Gasteiger partial charge on any atom is -0.464 e. The highest BCUT2D eigenvalue weighted by Crippen LogP contribution is 2.16. The molecule has 4 nitrogen and oxygen atoms in total. The molecule has 0 amide bonds. The molecule has 0 atom stereocenters. The lowest BCUT2D eigenvalue weighted by atomic mass is 9.96. The number of fused-ring (bicyclic) bond motifs is 2. The maximum Gasteiger partial charge on any atom is 0.233 e. The van der Waals surface area contributed by atoms with Crippen molar-refractivity contribution in [2.75, 3.05) is 0 Å². The van der Waals surface area contributed by atoms with E-state index in [4.69, 9.17) is 4.42 Å². The van der Waals surface area contributed by atoms with Gasteiger partial charge in [0.1, 0.15) is 5.58 Å². The molecule has 138 valence electrons. The van der Waals surface area contributed by atoms with E-state index in [-0.39, 0.29) is 0 Å². The average molecular weight is 369 g/mol. The van der Waals surface area contributed by atoms with E-state index in [1.54, 1.807) is 24.5 Å². The van der Waals surface area contributed by atoms with Crippen molar-refractivity contribution in [1.29, 1.82) is 0 Å². The number of hydrogen-bond donors (Lipinski definition) is 1. The molecule has 28 heavy (non-hydrogen) atoms. The average Bonchev–Trinajstić information content (AvgIpc) is 3.02. The van der Waals surface area contributed by atoms with Gasteiger partial charge in [0, 0.05) is 23.3 Å². The van der Waals surface area contributed by atoms with Crippen LogP contribution >= 0.6 is 0 Å². The molecule has 4 heteroatoms. The molecule has 2 aromatic carbocycles. The van der Waals surface area contributed by atoms with Gasteiger partial charge in [-0.2, -0.15) is 0 Å². The van der Waals surface area contributed by atoms with Crippen molar-refractivity contribution in [3.8, 4) is 0 Å². The van der Waals surface area contributed by atoms with Gasteiger partial charge in [-0.25, -0.2) is 0 Å². The molecule has 0 unspecified atom stereocenters. The molecule has 2 aliphatic rings. The van der Waals surface area contributed by atoms with E-state index in [1.165, 1.54) is 6.08 Å². The summed E-state index contributed by atoms with van der Waals surface area (Å²) < 4.78 is 5.12. The highest BCUT2D eigenvalue weighted by atomic mass is 16.3. The van der Waals surface area contributed by atoms with E-state index in [2.05, 4.69) is 5.32 Å². The van der Waals surface area contributed by atoms with E-state index in [0.29, 0.717) is 5.56 Å². The summed E-state index contributed by atoms with van der Waals surface area (Å²) in [4.78, 5) is 22.1. The van der Waals surface area contributed by atoms with Crippen LogP contribution in [0.3, 0.4) is 0 Å². The molecule has 5 rings (SSSR count). The molecule has 0 spiro atoms. The number of furan rings is 1. The lowest BCUT2D eigenvalue weighted by Crippen LogP contribution is -2.15. The first-order valence-electron chi connectivity index (χ1n) is 8.78. The number of carbonyl (C=O) groups is 2. The fourth-order valence-electron chi connectivity index (χ4n) is 2.54. The standard InChI is InChI=1S/C10H6O2.C8H6O.C6H7N/c11-9-6-5-7-3-1-2-4-8(7)10(9)12;1-2-4-8-7(3-1)5-6-9-8;1-2-4-6-7-5-3-1/h1-6H;1-6H;1-7H. The van der Waals surface area contributed by atoms with Crippen LogP contribution in [0.1, 0.15) is 15.9 Å². The van der Waals surface area contributed by atoms with Crippen LogP contribution in [0.25, 0.3) is 17.0 Å². The molecular formula is C24H19NO3. The first-order chi connectivity index (χ1) is 13.8. The minimum atomic E-state index is -0.436. The quantitative estimate of drug-likeness (QED) is 0.562. The van der Waals surface area contributed by atoms with E-state index >= 15 is 0 Å². The van der Waals surface area contributed by atoms with Gasteiger partial charge in [-0.3, -0.25) is 9.59 Å². The second-order valence-electron chi connectivity index (χ2n) is 5.84. The third kappa shape index (κ3) is 5.05. The first kappa shape index (κ1) is 18.9. The Morgan fingerprint density at radius 3 is 2.21 bits per heavy atom. The normalized spacial score (nSPS) is 13.6. The zero-order valence-corrected chi connectivity index (χ0v) is 15.1. The largest absolute Gasteiger partial charge is 0.464 e. The second-order valence-corrected chi connectivity index (χ2v) is 5.84. The van der Waals surface area contributed by atoms with Crippen LogP contribution < -0.4 is 5.32 Å². The van der Waals surface area contributed by atoms with E-state index < -0.39 is 11.6 Å². The van der Waals surface area contributed by atoms with Gasteiger partial charge in [-0.1, -0.05) is 60.7 Å². The van der Waals surface area contributed by atoms with Crippen molar-refractivity contribution in [2.24, 2.45) is 0 Å². The van der Waals surface area contributed by atoms with Gasteiger partial charge in [0.15, 0.2) is 0 Å². The fraction of sp³-hybridized carbons (Fsp3) is 0. The number of Topliss-reactive ketones (excluding diaryl/α,β-unsaturated/α-hetero) is 1. The first-order valence-corrected chi connectivity index (χ1v) is 8.78. The third-order valence-corrected chi connectivity index (χ3v) is 3.92. The number of carbonyl (C=O) groups excluding carboxylic acids is 2. The van der Waals surface area contributed by atoms with Crippen molar-refractivity contribution < 1.29 is 14.0 Å². The van der Waals surface area contributed by atoms with Crippen LogP contribution in [0.5, 0.6) is 0 Å². The number of ketones is 2. The highest BCUT2D eigenvalue weighted by Gasteiger charge is 2.19. The molecule has 3 aromatic rings. The Hall–Kier alpha value is -3.92. The Morgan fingerprint density at radius 2 is 1.43 bits per heavy atom.